The molecule has 0 radical (unpaired) electrons. The van der Waals surface area contributed by atoms with E-state index >= 15 is 0 Å². The molecule has 6 nitrogen and oxygen atoms in total. The van der Waals surface area contributed by atoms with Crippen LogP contribution in [0.3, 0.4) is 0 Å². The second kappa shape index (κ2) is 4.87. The number of H-pyrrole nitrogens is 1. The number of rotatable bonds is 3. The van der Waals surface area contributed by atoms with Gasteiger partial charge in [-0.05, 0) is 12.5 Å². The fraction of sp³-hybridized carbons (Fsp3) is 0.250. The third kappa shape index (κ3) is 2.32. The van der Waals surface area contributed by atoms with Crippen molar-refractivity contribution in [2.24, 2.45) is 0 Å². The van der Waals surface area contributed by atoms with Gasteiger partial charge in [0.1, 0.15) is 0 Å². The lowest BCUT2D eigenvalue weighted by Crippen LogP contribution is -2.22. The van der Waals surface area contributed by atoms with Crippen molar-refractivity contribution in [1.82, 2.24) is 15.0 Å². The summed E-state index contributed by atoms with van der Waals surface area (Å²) in [5.74, 6) is -0.737. The molecule has 6 heteroatoms. The third-order valence-electron chi connectivity index (χ3n) is 2.53. The van der Waals surface area contributed by atoms with Crippen LogP contribution in [0.15, 0.2) is 29.1 Å². The van der Waals surface area contributed by atoms with Crippen molar-refractivity contribution in [1.29, 1.82) is 0 Å². The molecule has 0 fully saturated rings. The van der Waals surface area contributed by atoms with Gasteiger partial charge in [-0.2, -0.15) is 0 Å². The Labute approximate surface area is 103 Å². The highest BCUT2D eigenvalue weighted by molar-refractivity contribution is 5.86. The summed E-state index contributed by atoms with van der Waals surface area (Å²) in [7, 11) is 1.21. The number of hydrogen-bond acceptors (Lipinski definition) is 4. The number of aromatic amines is 1. The van der Waals surface area contributed by atoms with Gasteiger partial charge in [0.2, 0.25) is 5.69 Å². The first-order valence-corrected chi connectivity index (χ1v) is 5.41. The summed E-state index contributed by atoms with van der Waals surface area (Å²) in [6, 6.07) is 7.75. The lowest BCUT2D eigenvalue weighted by Gasteiger charge is -2.01. The molecule has 0 aliphatic rings. The van der Waals surface area contributed by atoms with Gasteiger partial charge in [0.15, 0.2) is 0 Å². The first kappa shape index (κ1) is 12.1. The van der Waals surface area contributed by atoms with Gasteiger partial charge >= 0.3 is 11.5 Å². The van der Waals surface area contributed by atoms with Crippen LogP contribution in [-0.2, 0) is 11.3 Å². The van der Waals surface area contributed by atoms with Crippen molar-refractivity contribution in [2.45, 2.75) is 13.5 Å². The van der Waals surface area contributed by atoms with Crippen LogP contribution in [0, 0.1) is 6.92 Å². The van der Waals surface area contributed by atoms with E-state index in [2.05, 4.69) is 15.0 Å². The van der Waals surface area contributed by atoms with Crippen molar-refractivity contribution in [3.05, 3.63) is 51.4 Å². The SMILES string of the molecule is COC(=O)c1n[nH]n(Cc2cccc(C)c2)c1=O. The molecule has 0 amide bonds. The van der Waals surface area contributed by atoms with E-state index in [1.807, 2.05) is 31.2 Å². The normalized spacial score (nSPS) is 10.3. The lowest BCUT2D eigenvalue weighted by atomic mass is 10.1. The number of carbonyl (C=O) groups is 1. The number of ether oxygens (including phenoxy) is 1. The van der Waals surface area contributed by atoms with Crippen molar-refractivity contribution >= 4 is 5.97 Å². The highest BCUT2D eigenvalue weighted by atomic mass is 16.5. The van der Waals surface area contributed by atoms with Gasteiger partial charge in [0, 0.05) is 0 Å². The highest BCUT2D eigenvalue weighted by Gasteiger charge is 2.16. The number of esters is 1. The summed E-state index contributed by atoms with van der Waals surface area (Å²) >= 11 is 0. The molecule has 94 valence electrons. The average Bonchev–Trinajstić information content (AvgIpc) is 2.70. The Bertz CT molecular complexity index is 627. The number of carbonyl (C=O) groups excluding carboxylic acids is 1. The second-order valence-electron chi connectivity index (χ2n) is 3.93. The molecule has 0 bridgehead atoms. The van der Waals surface area contributed by atoms with Crippen molar-refractivity contribution in [3.8, 4) is 0 Å². The van der Waals surface area contributed by atoms with Crippen LogP contribution >= 0.6 is 0 Å². The largest absolute Gasteiger partial charge is 0.464 e. The van der Waals surface area contributed by atoms with Crippen LogP contribution in [-0.4, -0.2) is 28.1 Å². The van der Waals surface area contributed by atoms with E-state index in [1.54, 1.807) is 0 Å². The maximum absolute atomic E-state index is 11.8. The molecular weight excluding hydrogens is 234 g/mol. The smallest absolute Gasteiger partial charge is 0.364 e. The summed E-state index contributed by atoms with van der Waals surface area (Å²) < 4.78 is 5.73. The van der Waals surface area contributed by atoms with E-state index in [1.165, 1.54) is 11.8 Å². The Morgan fingerprint density at radius 2 is 2.28 bits per heavy atom. The summed E-state index contributed by atoms with van der Waals surface area (Å²) in [5, 5.41) is 6.17. The molecule has 0 spiro atoms. The van der Waals surface area contributed by atoms with E-state index in [-0.39, 0.29) is 5.69 Å². The molecule has 0 saturated carbocycles. The summed E-state index contributed by atoms with van der Waals surface area (Å²) in [4.78, 5) is 23.1. The minimum Gasteiger partial charge on any atom is -0.464 e. The average molecular weight is 247 g/mol. The highest BCUT2D eigenvalue weighted by Crippen LogP contribution is 2.04. The molecule has 0 atom stereocenters. The molecule has 1 N–H and O–H groups in total. The monoisotopic (exact) mass is 247 g/mol. The number of nitrogens with zero attached hydrogens (tertiary/aromatic N) is 2. The molecule has 2 aromatic rings. The van der Waals surface area contributed by atoms with Gasteiger partial charge in [0.25, 0.3) is 0 Å². The Balaban J connectivity index is 2.28. The molecule has 0 saturated heterocycles. The molecule has 0 aliphatic carbocycles. The quantitative estimate of drug-likeness (QED) is 0.810. The lowest BCUT2D eigenvalue weighted by molar-refractivity contribution is 0.0592. The minimum atomic E-state index is -0.737. The molecule has 0 aliphatic heterocycles. The van der Waals surface area contributed by atoms with Crippen molar-refractivity contribution < 1.29 is 9.53 Å². The maximum atomic E-state index is 11.8. The number of nitrogens with one attached hydrogen (secondary N) is 1. The second-order valence-corrected chi connectivity index (χ2v) is 3.93. The number of methoxy groups -OCH3 is 1. The fourth-order valence-corrected chi connectivity index (χ4v) is 1.66. The van der Waals surface area contributed by atoms with E-state index in [0.717, 1.165) is 11.1 Å². The van der Waals surface area contributed by atoms with Crippen molar-refractivity contribution in [3.63, 3.8) is 0 Å². The number of aryl methyl sites for hydroxylation is 1. The molecular formula is C12H13N3O3. The number of hydrogen-bond donors (Lipinski definition) is 1. The first-order chi connectivity index (χ1) is 8.61. The predicted octanol–water partition coefficient (Wildman–Crippen LogP) is 0.715. The van der Waals surface area contributed by atoms with Crippen molar-refractivity contribution in [2.75, 3.05) is 7.11 Å². The minimum absolute atomic E-state index is 0.231. The molecule has 18 heavy (non-hydrogen) atoms. The molecule has 2 rings (SSSR count). The van der Waals surface area contributed by atoms with E-state index in [9.17, 15) is 9.59 Å². The molecule has 1 aromatic heterocycles. The summed E-state index contributed by atoms with van der Waals surface area (Å²) in [6.07, 6.45) is 0. The topological polar surface area (TPSA) is 77.0 Å². The maximum Gasteiger partial charge on any atom is 0.364 e. The zero-order valence-electron chi connectivity index (χ0n) is 10.1. The van der Waals surface area contributed by atoms with E-state index < -0.39 is 11.5 Å². The Hall–Kier alpha value is -2.37. The van der Waals surface area contributed by atoms with Gasteiger partial charge in [-0.3, -0.25) is 4.79 Å². The van der Waals surface area contributed by atoms with Crippen LogP contribution in [0.5, 0.6) is 0 Å². The van der Waals surface area contributed by atoms with Crippen LogP contribution in [0.1, 0.15) is 21.6 Å². The Kier molecular flexibility index (Phi) is 3.27. The summed E-state index contributed by atoms with van der Waals surface area (Å²) in [6.45, 7) is 2.31. The number of aromatic nitrogens is 3. The van der Waals surface area contributed by atoms with Gasteiger partial charge < -0.3 is 4.74 Å². The Morgan fingerprint density at radius 1 is 1.50 bits per heavy atom. The zero-order chi connectivity index (χ0) is 13.1. The molecule has 0 unspecified atom stereocenters. The zero-order valence-corrected chi connectivity index (χ0v) is 10.1. The van der Waals surface area contributed by atoms with Crippen LogP contribution in [0.4, 0.5) is 0 Å². The van der Waals surface area contributed by atoms with Crippen LogP contribution in [0.25, 0.3) is 0 Å². The number of benzene rings is 1. The van der Waals surface area contributed by atoms with Gasteiger partial charge in [-0.1, -0.05) is 29.8 Å². The fourth-order valence-electron chi connectivity index (χ4n) is 1.66. The van der Waals surface area contributed by atoms with Gasteiger partial charge in [-0.25, -0.2) is 14.7 Å². The molecule has 1 heterocycles. The third-order valence-corrected chi connectivity index (χ3v) is 2.53. The van der Waals surface area contributed by atoms with Gasteiger partial charge in [-0.15, -0.1) is 5.10 Å². The predicted molar refractivity (Wildman–Crippen MR) is 64.5 cm³/mol. The molecule has 1 aromatic carbocycles. The van der Waals surface area contributed by atoms with Crippen LogP contribution < -0.4 is 5.56 Å². The summed E-state index contributed by atoms with van der Waals surface area (Å²) in [5.41, 5.74) is 1.35. The Morgan fingerprint density at radius 3 is 2.94 bits per heavy atom. The standard InChI is InChI=1S/C12H13N3O3/c1-8-4-3-5-9(6-8)7-15-11(16)10(13-14-15)12(17)18-2/h3-6,14H,7H2,1-2H3. The van der Waals surface area contributed by atoms with Crippen LogP contribution in [0.2, 0.25) is 0 Å². The van der Waals surface area contributed by atoms with Gasteiger partial charge in [0.05, 0.1) is 13.7 Å². The van der Waals surface area contributed by atoms with E-state index in [4.69, 9.17) is 0 Å². The van der Waals surface area contributed by atoms with E-state index in [0.29, 0.717) is 6.54 Å². The first-order valence-electron chi connectivity index (χ1n) is 5.41.